The predicted octanol–water partition coefficient (Wildman–Crippen LogP) is 3.61. The molecule has 0 saturated heterocycles. The van der Waals surface area contributed by atoms with Gasteiger partial charge in [0.1, 0.15) is 5.75 Å². The zero-order chi connectivity index (χ0) is 10.8. The molecule has 2 rings (SSSR count). The summed E-state index contributed by atoms with van der Waals surface area (Å²) in [7, 11) is 0. The molecule has 1 aromatic carbocycles. The first-order valence-corrected chi connectivity index (χ1v) is 5.20. The van der Waals surface area contributed by atoms with E-state index in [2.05, 4.69) is 11.7 Å². The van der Waals surface area contributed by atoms with Crippen LogP contribution in [0, 0.1) is 0 Å². The molecule has 0 bridgehead atoms. The molecule has 0 aromatic heterocycles. The molecular weight excluding hydrogens is 228 g/mol. The normalized spacial score (nSPS) is 18.2. The lowest BCUT2D eigenvalue weighted by molar-refractivity contribution is 0.144. The van der Waals surface area contributed by atoms with Crippen molar-refractivity contribution in [1.82, 2.24) is 0 Å². The summed E-state index contributed by atoms with van der Waals surface area (Å²) in [5, 5.41) is 8.50. The Hall–Kier alpha value is -1.22. The molecule has 1 aromatic rings. The number of carbonyl (C=O) groups is 1. The van der Waals surface area contributed by atoms with E-state index in [4.69, 9.17) is 5.11 Å². The topological polar surface area (TPSA) is 46.5 Å². The maximum absolute atomic E-state index is 10.4. The van der Waals surface area contributed by atoms with E-state index >= 15 is 0 Å². The van der Waals surface area contributed by atoms with Crippen molar-refractivity contribution in [3.8, 4) is 5.75 Å². The highest BCUT2D eigenvalue weighted by Gasteiger charge is 2.17. The minimum Gasteiger partial charge on any atom is -0.449 e. The van der Waals surface area contributed by atoms with Crippen molar-refractivity contribution in [2.45, 2.75) is 32.1 Å². The van der Waals surface area contributed by atoms with Gasteiger partial charge in [0.05, 0.1) is 0 Å². The van der Waals surface area contributed by atoms with Gasteiger partial charge in [-0.05, 0) is 48.4 Å². The number of fused-ring (bicyclic) bond motifs is 1. The maximum Gasteiger partial charge on any atom is 0.511 e. The van der Waals surface area contributed by atoms with Gasteiger partial charge in [-0.15, -0.1) is 12.4 Å². The van der Waals surface area contributed by atoms with Gasteiger partial charge in [-0.2, -0.15) is 0 Å². The molecule has 1 atom stereocenters. The summed E-state index contributed by atoms with van der Waals surface area (Å²) >= 11 is 0. The number of benzene rings is 1. The van der Waals surface area contributed by atoms with Crippen molar-refractivity contribution >= 4 is 18.6 Å². The van der Waals surface area contributed by atoms with Crippen LogP contribution in [0.4, 0.5) is 4.79 Å². The van der Waals surface area contributed by atoms with Crippen LogP contribution in [0.5, 0.6) is 5.75 Å². The van der Waals surface area contributed by atoms with Crippen LogP contribution in [0.1, 0.15) is 36.8 Å². The maximum atomic E-state index is 10.4. The first-order valence-electron chi connectivity index (χ1n) is 5.20. The van der Waals surface area contributed by atoms with E-state index in [0.29, 0.717) is 11.7 Å². The van der Waals surface area contributed by atoms with E-state index in [1.165, 1.54) is 24.0 Å². The second kappa shape index (κ2) is 5.21. The summed E-state index contributed by atoms with van der Waals surface area (Å²) in [6.07, 6.45) is 2.16. The average molecular weight is 243 g/mol. The fraction of sp³-hybridized carbons (Fsp3) is 0.417. The van der Waals surface area contributed by atoms with Crippen LogP contribution < -0.4 is 4.74 Å². The minimum atomic E-state index is -1.25. The molecule has 1 unspecified atom stereocenters. The minimum absolute atomic E-state index is 0. The molecule has 0 saturated carbocycles. The molecule has 3 nitrogen and oxygen atoms in total. The zero-order valence-electron chi connectivity index (χ0n) is 9.10. The third-order valence-corrected chi connectivity index (χ3v) is 2.93. The summed E-state index contributed by atoms with van der Waals surface area (Å²) in [6.45, 7) is 2.20. The van der Waals surface area contributed by atoms with E-state index in [0.717, 1.165) is 6.42 Å². The molecule has 0 fully saturated rings. The predicted molar refractivity (Wildman–Crippen MR) is 63.7 cm³/mol. The van der Waals surface area contributed by atoms with E-state index < -0.39 is 6.16 Å². The SMILES string of the molecule is CC1CCCc2cc(OC(=O)O)ccc21.Cl. The Bertz CT molecular complexity index is 390. The summed E-state index contributed by atoms with van der Waals surface area (Å²) < 4.78 is 4.63. The third kappa shape index (κ3) is 2.67. The molecule has 16 heavy (non-hydrogen) atoms. The van der Waals surface area contributed by atoms with Crippen LogP contribution in [0.15, 0.2) is 18.2 Å². The van der Waals surface area contributed by atoms with Gasteiger partial charge in [-0.25, -0.2) is 4.79 Å². The quantitative estimate of drug-likeness (QED) is 0.605. The molecule has 4 heteroatoms. The Morgan fingerprint density at radius 3 is 2.94 bits per heavy atom. The average Bonchev–Trinajstić information content (AvgIpc) is 2.17. The Morgan fingerprint density at radius 1 is 1.50 bits per heavy atom. The largest absolute Gasteiger partial charge is 0.511 e. The van der Waals surface area contributed by atoms with Gasteiger partial charge >= 0.3 is 6.16 Å². The van der Waals surface area contributed by atoms with Crippen molar-refractivity contribution < 1.29 is 14.6 Å². The third-order valence-electron chi connectivity index (χ3n) is 2.93. The summed E-state index contributed by atoms with van der Waals surface area (Å²) in [5.41, 5.74) is 2.56. The molecule has 0 spiro atoms. The number of hydrogen-bond donors (Lipinski definition) is 1. The summed E-state index contributed by atoms with van der Waals surface area (Å²) in [4.78, 5) is 10.4. The molecule has 1 N–H and O–H groups in total. The molecule has 1 aliphatic carbocycles. The number of halogens is 1. The Labute approximate surface area is 101 Å². The van der Waals surface area contributed by atoms with Gasteiger partial charge in [-0.1, -0.05) is 13.0 Å². The number of aryl methyl sites for hydroxylation is 1. The van der Waals surface area contributed by atoms with Crippen LogP contribution >= 0.6 is 12.4 Å². The molecule has 1 aliphatic rings. The zero-order valence-corrected chi connectivity index (χ0v) is 9.92. The van der Waals surface area contributed by atoms with E-state index in [1.807, 2.05) is 12.1 Å². The van der Waals surface area contributed by atoms with Crippen LogP contribution in [0.3, 0.4) is 0 Å². The van der Waals surface area contributed by atoms with Crippen LogP contribution in [0.2, 0.25) is 0 Å². The van der Waals surface area contributed by atoms with E-state index in [1.54, 1.807) is 6.07 Å². The second-order valence-corrected chi connectivity index (χ2v) is 4.02. The molecule has 0 amide bonds. The Morgan fingerprint density at radius 2 is 2.25 bits per heavy atom. The first kappa shape index (κ1) is 12.8. The molecule has 0 heterocycles. The molecule has 88 valence electrons. The highest BCUT2D eigenvalue weighted by molar-refractivity contribution is 5.85. The number of carboxylic acid groups (broad SMARTS) is 1. The highest BCUT2D eigenvalue weighted by Crippen LogP contribution is 2.33. The van der Waals surface area contributed by atoms with Crippen molar-refractivity contribution in [3.63, 3.8) is 0 Å². The van der Waals surface area contributed by atoms with Crippen molar-refractivity contribution in [1.29, 1.82) is 0 Å². The van der Waals surface area contributed by atoms with Crippen molar-refractivity contribution in [3.05, 3.63) is 29.3 Å². The van der Waals surface area contributed by atoms with Gasteiger partial charge in [-0.3, -0.25) is 0 Å². The van der Waals surface area contributed by atoms with Gasteiger partial charge in [0, 0.05) is 0 Å². The number of ether oxygens (including phenoxy) is 1. The summed E-state index contributed by atoms with van der Waals surface area (Å²) in [5.74, 6) is 1.00. The van der Waals surface area contributed by atoms with Gasteiger partial charge in [0.15, 0.2) is 0 Å². The lowest BCUT2D eigenvalue weighted by Gasteiger charge is -2.22. The highest BCUT2D eigenvalue weighted by atomic mass is 35.5. The lowest BCUT2D eigenvalue weighted by Crippen LogP contribution is -2.08. The van der Waals surface area contributed by atoms with Crippen LogP contribution in [-0.2, 0) is 6.42 Å². The Balaban J connectivity index is 0.00000128. The first-order chi connectivity index (χ1) is 7.16. The monoisotopic (exact) mass is 242 g/mol. The summed E-state index contributed by atoms with van der Waals surface area (Å²) in [6, 6.07) is 5.56. The molecule has 0 aliphatic heterocycles. The fourth-order valence-electron chi connectivity index (χ4n) is 2.20. The van der Waals surface area contributed by atoms with Crippen LogP contribution in [-0.4, -0.2) is 11.3 Å². The van der Waals surface area contributed by atoms with E-state index in [9.17, 15) is 4.79 Å². The standard InChI is InChI=1S/C12H14O3.ClH/c1-8-3-2-4-9-7-10(15-12(13)14)5-6-11(8)9;/h5-8H,2-4H2,1H3,(H,13,14);1H. The van der Waals surface area contributed by atoms with E-state index in [-0.39, 0.29) is 12.4 Å². The molecular formula is C12H15ClO3. The van der Waals surface area contributed by atoms with Gasteiger partial charge < -0.3 is 9.84 Å². The lowest BCUT2D eigenvalue weighted by atomic mass is 9.84. The van der Waals surface area contributed by atoms with Crippen molar-refractivity contribution in [2.24, 2.45) is 0 Å². The number of hydrogen-bond acceptors (Lipinski definition) is 2. The Kier molecular flexibility index (Phi) is 4.19. The van der Waals surface area contributed by atoms with Gasteiger partial charge in [0.25, 0.3) is 0 Å². The number of rotatable bonds is 1. The van der Waals surface area contributed by atoms with Crippen LogP contribution in [0.25, 0.3) is 0 Å². The smallest absolute Gasteiger partial charge is 0.449 e. The van der Waals surface area contributed by atoms with Crippen molar-refractivity contribution in [2.75, 3.05) is 0 Å². The second-order valence-electron chi connectivity index (χ2n) is 4.02. The fourth-order valence-corrected chi connectivity index (χ4v) is 2.20. The molecule has 0 radical (unpaired) electrons. The van der Waals surface area contributed by atoms with Gasteiger partial charge in [0.2, 0.25) is 0 Å².